The van der Waals surface area contributed by atoms with Gasteiger partial charge in [-0.05, 0) is 239 Å². The monoisotopic (exact) mass is 2050 g/mol. The molecule has 0 aliphatic carbocycles. The second-order valence-electron chi connectivity index (χ2n) is 32.7. The average Bonchev–Trinajstić information content (AvgIpc) is 0.804. The molecule has 1 unspecified atom stereocenters. The Bertz CT molecular complexity index is 8710. The second-order valence-corrected chi connectivity index (χ2v) is 32.7. The highest BCUT2D eigenvalue weighted by molar-refractivity contribution is 6.02. The Morgan fingerprint density at radius 3 is 1.44 bits per heavy atom. The molecule has 44 heteroatoms. The van der Waals surface area contributed by atoms with E-state index in [1.807, 2.05) is 73.7 Å². The second kappa shape index (κ2) is 48.4. The largest absolute Gasteiger partial charge is 0.497 e. The van der Waals surface area contributed by atoms with Crippen molar-refractivity contribution in [3.05, 3.63) is 440 Å². The summed E-state index contributed by atoms with van der Waals surface area (Å²) in [5, 5.41) is 62.8. The van der Waals surface area contributed by atoms with Crippen molar-refractivity contribution in [2.75, 3.05) is 27.4 Å². The van der Waals surface area contributed by atoms with Crippen LogP contribution in [0.3, 0.4) is 0 Å². The molecule has 39 nitrogen and oxygen atoms in total. The zero-order valence-corrected chi connectivity index (χ0v) is 79.3. The summed E-state index contributed by atoms with van der Waals surface area (Å²) < 4.78 is 96.6. The molecule has 150 heavy (non-hydrogen) atoms. The van der Waals surface area contributed by atoms with Crippen molar-refractivity contribution in [3.63, 3.8) is 0 Å². The summed E-state index contributed by atoms with van der Waals surface area (Å²) in [6, 6.07) is 67.2. The molecule has 0 saturated carbocycles. The summed E-state index contributed by atoms with van der Waals surface area (Å²) in [5.41, 5.74) is 10.9. The van der Waals surface area contributed by atoms with Crippen LogP contribution < -0.4 is 80.4 Å². The number of alkyl halides is 3. The third kappa shape index (κ3) is 25.2. The highest BCUT2D eigenvalue weighted by Gasteiger charge is 2.35. The predicted octanol–water partition coefficient (Wildman–Crippen LogP) is 13.4. The molecule has 0 fully saturated rings. The standard InChI is InChI=1S/C21H17N3O5.C19H15F3N2O3.C19H15N5O3.C17H12F2N2O3.C17H14N2O4.C13H15N3O4/c1-28-15-5-2-12-3-6-16(9-14(12)8-15)29-11-19-22-18-10-13(20(25)24-27)4-7-17(18)21(26)23-19;1-11(14-4-2-3-5-16(14)19(20,21)22)24-9-8-12-6-7-13(17(25)23-27)10-15(12)18(24)26;25-18(22-27)15-4-3-14-7-8-23(19(26)17(14)9-15)10-13-1-5-16(6-2-13)24-12-20-11-21-24;18-13-4-3-12(15(19)8-13)9-21-6-5-10-1-2-11(16(22)20-24)7-14(10)17(21)23;1-23-14-6-4-13(5-7-14)19-9-8-11-2-3-12(16(20)18-22)10-15(11)17(19)21;1-2-20-6-5-16-8-14-11-4-3-9(12(17)15-19)7-10(11)13(16)18/h2-10,27H,11H2,1H3,(H,24,25)(H,22,23,26);2-11,27H,1H3,(H,23,25);1-9,11-12,27H,10H2,(H,22,25);1-8,24H,9H2,(H,20,22);2-10,22H,1H3,(H,18,20);3-4,7-8,19H,2,5-6H2,1H3,(H,15,17). The number of nitrogens with zero attached hydrogens (tertiary/aromatic N) is 10. The molecule has 0 saturated heterocycles. The summed E-state index contributed by atoms with van der Waals surface area (Å²) in [5.74, 6) is -3.26. The minimum Gasteiger partial charge on any atom is -0.497 e. The van der Waals surface area contributed by atoms with Gasteiger partial charge < -0.3 is 37.6 Å². The van der Waals surface area contributed by atoms with Crippen LogP contribution in [0.15, 0.2) is 333 Å². The molecule has 13 N–H and O–H groups in total. The summed E-state index contributed by atoms with van der Waals surface area (Å²) in [6.07, 6.45) is 6.32. The van der Waals surface area contributed by atoms with E-state index in [1.165, 1.54) is 164 Å². The van der Waals surface area contributed by atoms with Crippen molar-refractivity contribution in [2.45, 2.75) is 52.3 Å². The number of rotatable bonds is 23. The van der Waals surface area contributed by atoms with Gasteiger partial charge in [0, 0.05) is 104 Å². The number of benzene rings is 12. The number of hydrogen-bond donors (Lipinski definition) is 13. The van der Waals surface area contributed by atoms with Gasteiger partial charge in [-0.25, -0.2) is 61.3 Å². The van der Waals surface area contributed by atoms with Gasteiger partial charge in [0.1, 0.15) is 54.0 Å². The lowest BCUT2D eigenvalue weighted by Crippen LogP contribution is -2.26. The van der Waals surface area contributed by atoms with E-state index in [0.29, 0.717) is 98.1 Å². The van der Waals surface area contributed by atoms with Gasteiger partial charge in [0.15, 0.2) is 0 Å². The number of carbonyl (C=O) groups excluding carboxylic acids is 6. The average molecular weight is 2050 g/mol. The number of halogens is 5. The Morgan fingerprint density at radius 1 is 0.433 bits per heavy atom. The smallest absolute Gasteiger partial charge is 0.416 e. The molecule has 19 rings (SSSR count). The zero-order valence-electron chi connectivity index (χ0n) is 79.3. The lowest BCUT2D eigenvalue weighted by Gasteiger charge is -2.21. The normalized spacial score (nSPS) is 11.1. The van der Waals surface area contributed by atoms with Gasteiger partial charge in [-0.15, -0.1) is 0 Å². The fraction of sp³-hybridized carbons (Fsp3) is 0.113. The maximum Gasteiger partial charge on any atom is 0.416 e. The minimum atomic E-state index is -4.54. The van der Waals surface area contributed by atoms with E-state index in [4.69, 9.17) is 50.2 Å². The van der Waals surface area contributed by atoms with Crippen molar-refractivity contribution in [2.24, 2.45) is 0 Å². The number of fused-ring (bicyclic) bond motifs is 7. The number of hydrogen-bond acceptors (Lipinski definition) is 26. The molecule has 764 valence electrons. The highest BCUT2D eigenvalue weighted by atomic mass is 19.4. The maximum absolute atomic E-state index is 13.8. The SMILES string of the molecule is CC(c1ccccc1C(F)(F)F)n1ccc2ccc(C(=O)NO)cc2c1=O.CCOCCn1cnc2ccc(C(=O)NO)cc2c1=O.COc1ccc(-n2ccc3ccc(C(=O)NO)cc3c2=O)cc1.COc1ccc2ccc(OCc3nc4cc(C(=O)NO)ccc4c(=O)[nH]3)cc2c1.O=C(NO)c1ccc2ccn(Cc3ccc(-n4cncn4)cc3)c(=O)c2c1.O=C(NO)c1ccc2ccn(Cc3ccc(F)cc3F)c(=O)c2c1. The number of aromatic amines is 1. The van der Waals surface area contributed by atoms with Crippen molar-refractivity contribution < 1.29 is 101 Å². The van der Waals surface area contributed by atoms with Gasteiger partial charge in [-0.3, -0.25) is 97.9 Å². The molecule has 7 heterocycles. The van der Waals surface area contributed by atoms with E-state index in [9.17, 15) is 79.5 Å². The number of nitrogens with one attached hydrogen (secondary N) is 7. The number of methoxy groups -OCH3 is 2. The highest BCUT2D eigenvalue weighted by Crippen LogP contribution is 2.36. The van der Waals surface area contributed by atoms with E-state index in [0.717, 1.165) is 51.4 Å². The summed E-state index contributed by atoms with van der Waals surface area (Å²) in [7, 11) is 3.18. The lowest BCUT2D eigenvalue weighted by atomic mass is 10.00. The van der Waals surface area contributed by atoms with Gasteiger partial charge in [-0.2, -0.15) is 18.3 Å². The number of carbonyl (C=O) groups is 6. The maximum atomic E-state index is 13.8. The Morgan fingerprint density at radius 2 is 0.907 bits per heavy atom. The molecule has 0 spiro atoms. The fourth-order valence-corrected chi connectivity index (χ4v) is 15.6. The number of amides is 6. The molecular weight excluding hydrogens is 1960 g/mol. The molecule has 0 aliphatic heterocycles. The van der Waals surface area contributed by atoms with Gasteiger partial charge in [0.25, 0.3) is 68.8 Å². The third-order valence-electron chi connectivity index (χ3n) is 23.4. The number of pyridine rings is 4. The third-order valence-corrected chi connectivity index (χ3v) is 23.4. The fourth-order valence-electron chi connectivity index (χ4n) is 15.6. The van der Waals surface area contributed by atoms with Gasteiger partial charge >= 0.3 is 6.18 Å². The summed E-state index contributed by atoms with van der Waals surface area (Å²) in [4.78, 5) is 160. The van der Waals surface area contributed by atoms with Crippen molar-refractivity contribution in [1.82, 2.24) is 85.4 Å². The topological polar surface area (TPSA) is 532 Å². The Labute approximate surface area is 841 Å². The van der Waals surface area contributed by atoms with Crippen molar-refractivity contribution in [1.29, 1.82) is 0 Å². The van der Waals surface area contributed by atoms with E-state index >= 15 is 0 Å². The molecule has 1 atom stereocenters. The van der Waals surface area contributed by atoms with Crippen LogP contribution in [0.25, 0.3) is 87.0 Å². The first-order valence-corrected chi connectivity index (χ1v) is 45.0. The van der Waals surface area contributed by atoms with Crippen LogP contribution in [0, 0.1) is 11.6 Å². The first kappa shape index (κ1) is 107. The molecule has 12 aromatic carbocycles. The number of ether oxygens (including phenoxy) is 4. The Balaban J connectivity index is 0.000000142. The Kier molecular flexibility index (Phi) is 34.4. The molecule has 19 aromatic rings. The van der Waals surface area contributed by atoms with Gasteiger partial charge in [0.05, 0.1) is 85.9 Å². The molecule has 0 bridgehead atoms. The first-order valence-electron chi connectivity index (χ1n) is 45.0. The van der Waals surface area contributed by atoms with Crippen molar-refractivity contribution in [3.8, 4) is 28.6 Å². The summed E-state index contributed by atoms with van der Waals surface area (Å²) >= 11 is 0. The molecule has 7 aromatic heterocycles. The Hall–Kier alpha value is -19.2. The van der Waals surface area contributed by atoms with Crippen LogP contribution in [0.4, 0.5) is 22.0 Å². The van der Waals surface area contributed by atoms with Crippen LogP contribution in [-0.2, 0) is 37.2 Å². The van der Waals surface area contributed by atoms with Crippen LogP contribution >= 0.6 is 0 Å². The van der Waals surface area contributed by atoms with Crippen molar-refractivity contribution >= 4 is 111 Å². The zero-order chi connectivity index (χ0) is 107. The number of hydroxylamine groups is 6. The lowest BCUT2D eigenvalue weighted by molar-refractivity contribution is -0.138. The summed E-state index contributed by atoms with van der Waals surface area (Å²) in [6.45, 7) is 5.13. The van der Waals surface area contributed by atoms with Gasteiger partial charge in [0.2, 0.25) is 0 Å². The van der Waals surface area contributed by atoms with E-state index in [-0.39, 0.29) is 90.7 Å². The molecule has 0 radical (unpaired) electrons. The predicted molar refractivity (Wildman–Crippen MR) is 537 cm³/mol. The van der Waals surface area contributed by atoms with Crippen LogP contribution in [0.5, 0.6) is 17.2 Å². The number of aromatic nitrogens is 11. The minimum absolute atomic E-state index is 0.0318. The molecule has 0 aliphatic rings. The molecule has 6 amide bonds. The van der Waals surface area contributed by atoms with Crippen LogP contribution in [0.2, 0.25) is 0 Å². The van der Waals surface area contributed by atoms with E-state index in [2.05, 4.69) is 25.0 Å². The van der Waals surface area contributed by atoms with Crippen LogP contribution in [0.1, 0.15) is 110 Å². The van der Waals surface area contributed by atoms with E-state index < -0.39 is 76.0 Å². The first-order chi connectivity index (χ1) is 72.2. The number of H-pyrrole nitrogens is 1. The quantitative estimate of drug-likeness (QED) is 0.0122. The van der Waals surface area contributed by atoms with Crippen LogP contribution in [-0.4, -0.2) is 147 Å². The van der Waals surface area contributed by atoms with E-state index in [1.54, 1.807) is 137 Å². The molecular formula is C106H88F5N17O22. The van der Waals surface area contributed by atoms with Gasteiger partial charge in [-0.1, -0.05) is 72.8 Å².